The molecule has 0 aromatic heterocycles. The number of amides is 1. The van der Waals surface area contributed by atoms with Crippen LogP contribution in [0.3, 0.4) is 0 Å². The van der Waals surface area contributed by atoms with Crippen LogP contribution in [0, 0.1) is 0 Å². The first-order chi connectivity index (χ1) is 5.22. The van der Waals surface area contributed by atoms with E-state index in [1.54, 1.807) is 0 Å². The van der Waals surface area contributed by atoms with E-state index in [0.717, 1.165) is 19.3 Å². The summed E-state index contributed by atoms with van der Waals surface area (Å²) in [6.45, 7) is 0. The summed E-state index contributed by atoms with van der Waals surface area (Å²) in [5.74, 6) is 0. The largest absolute Gasteiger partial charge is 0.465 e. The fourth-order valence-corrected chi connectivity index (χ4v) is 1.55. The molecule has 0 radical (unpaired) electrons. The summed E-state index contributed by atoms with van der Waals surface area (Å²) < 4.78 is 0. The van der Waals surface area contributed by atoms with Crippen molar-refractivity contribution in [1.29, 1.82) is 0 Å². The summed E-state index contributed by atoms with van der Waals surface area (Å²) in [5.41, 5.74) is 0. The predicted molar refractivity (Wildman–Crippen MR) is 41.6 cm³/mol. The van der Waals surface area contributed by atoms with Gasteiger partial charge < -0.3 is 15.7 Å². The maximum Gasteiger partial charge on any atom is 0.404 e. The Morgan fingerprint density at radius 3 is 2.55 bits per heavy atom. The molecule has 1 rings (SSSR count). The molecule has 4 nitrogen and oxygen atoms in total. The van der Waals surface area contributed by atoms with Crippen molar-refractivity contribution in [3.8, 4) is 0 Å². The van der Waals surface area contributed by atoms with Crippen LogP contribution >= 0.6 is 0 Å². The summed E-state index contributed by atoms with van der Waals surface area (Å²) in [4.78, 5) is 10.2. The molecule has 0 aromatic carbocycles. The highest BCUT2D eigenvalue weighted by Crippen LogP contribution is 2.18. The third-order valence-electron chi connectivity index (χ3n) is 2.17. The number of nitrogens with one attached hydrogen (secondary N) is 2. The van der Waals surface area contributed by atoms with Gasteiger partial charge in [0.15, 0.2) is 0 Å². The minimum Gasteiger partial charge on any atom is -0.465 e. The van der Waals surface area contributed by atoms with Crippen molar-refractivity contribution in [1.82, 2.24) is 10.6 Å². The Bertz CT molecular complexity index is 149. The van der Waals surface area contributed by atoms with Crippen LogP contribution in [0.2, 0.25) is 0 Å². The van der Waals surface area contributed by atoms with Gasteiger partial charge in [-0.3, -0.25) is 0 Å². The van der Waals surface area contributed by atoms with Gasteiger partial charge in [-0.15, -0.1) is 0 Å². The number of carboxylic acid groups (broad SMARTS) is 1. The lowest BCUT2D eigenvalue weighted by molar-refractivity contribution is 0.190. The first-order valence-corrected chi connectivity index (χ1v) is 3.89. The van der Waals surface area contributed by atoms with Gasteiger partial charge in [0.25, 0.3) is 0 Å². The zero-order chi connectivity index (χ0) is 8.27. The summed E-state index contributed by atoms with van der Waals surface area (Å²) in [5, 5.41) is 14.0. The Morgan fingerprint density at radius 2 is 2.09 bits per heavy atom. The molecule has 1 fully saturated rings. The molecule has 0 unspecified atom stereocenters. The smallest absolute Gasteiger partial charge is 0.404 e. The second kappa shape index (κ2) is 3.57. The monoisotopic (exact) mass is 158 g/mol. The quantitative estimate of drug-likeness (QED) is 0.545. The van der Waals surface area contributed by atoms with E-state index >= 15 is 0 Å². The van der Waals surface area contributed by atoms with Crippen LogP contribution in [-0.4, -0.2) is 30.3 Å². The van der Waals surface area contributed by atoms with Crippen LogP contribution in [0.1, 0.15) is 19.3 Å². The Hall–Kier alpha value is -0.770. The highest BCUT2D eigenvalue weighted by atomic mass is 16.4. The molecule has 0 spiro atoms. The van der Waals surface area contributed by atoms with Gasteiger partial charge in [-0.25, -0.2) is 4.79 Å². The molecule has 0 saturated heterocycles. The molecule has 64 valence electrons. The number of rotatable bonds is 2. The molecule has 0 bridgehead atoms. The van der Waals surface area contributed by atoms with Gasteiger partial charge in [0.2, 0.25) is 0 Å². The SMILES string of the molecule is CN[C@@H]1CC[C@H](NC(=O)O)C1. The molecule has 4 heteroatoms. The van der Waals surface area contributed by atoms with Crippen LogP contribution in [0.25, 0.3) is 0 Å². The van der Waals surface area contributed by atoms with Gasteiger partial charge in [0, 0.05) is 12.1 Å². The van der Waals surface area contributed by atoms with E-state index in [-0.39, 0.29) is 6.04 Å². The average molecular weight is 158 g/mol. The van der Waals surface area contributed by atoms with Crippen molar-refractivity contribution >= 4 is 6.09 Å². The van der Waals surface area contributed by atoms with E-state index in [1.165, 1.54) is 0 Å². The Kier molecular flexibility index (Phi) is 2.70. The normalized spacial score (nSPS) is 30.3. The number of hydrogen-bond acceptors (Lipinski definition) is 2. The second-order valence-corrected chi connectivity index (χ2v) is 2.95. The zero-order valence-electron chi connectivity index (χ0n) is 6.63. The minimum atomic E-state index is -0.910. The van der Waals surface area contributed by atoms with Gasteiger partial charge in [-0.05, 0) is 26.3 Å². The molecule has 1 aliphatic rings. The minimum absolute atomic E-state index is 0.157. The standard InChI is InChI=1S/C7H14N2O2/c1-8-5-2-3-6(4-5)9-7(10)11/h5-6,8-9H,2-4H2,1H3,(H,10,11)/t5-,6+/m1/s1. The van der Waals surface area contributed by atoms with E-state index < -0.39 is 6.09 Å². The van der Waals surface area contributed by atoms with Crippen molar-refractivity contribution in [3.05, 3.63) is 0 Å². The van der Waals surface area contributed by atoms with Gasteiger partial charge in [-0.2, -0.15) is 0 Å². The molecule has 1 aliphatic carbocycles. The summed E-state index contributed by atoms with van der Waals surface area (Å²) in [7, 11) is 1.91. The highest BCUT2D eigenvalue weighted by molar-refractivity contribution is 5.64. The topological polar surface area (TPSA) is 61.4 Å². The van der Waals surface area contributed by atoms with Crippen LogP contribution in [0.15, 0.2) is 0 Å². The summed E-state index contributed by atoms with van der Waals surface area (Å²) in [6.07, 6.45) is 2.04. The predicted octanol–water partition coefficient (Wildman–Crippen LogP) is 0.394. The molecular formula is C7H14N2O2. The summed E-state index contributed by atoms with van der Waals surface area (Å²) in [6, 6.07) is 0.650. The lowest BCUT2D eigenvalue weighted by Crippen LogP contribution is -2.33. The van der Waals surface area contributed by atoms with Gasteiger partial charge >= 0.3 is 6.09 Å². The maximum atomic E-state index is 10.2. The fourth-order valence-electron chi connectivity index (χ4n) is 1.55. The van der Waals surface area contributed by atoms with Crippen LogP contribution in [0.5, 0.6) is 0 Å². The van der Waals surface area contributed by atoms with Gasteiger partial charge in [0.1, 0.15) is 0 Å². The second-order valence-electron chi connectivity index (χ2n) is 2.95. The lowest BCUT2D eigenvalue weighted by atomic mass is 10.2. The van der Waals surface area contributed by atoms with E-state index in [1.807, 2.05) is 7.05 Å². The Labute approximate surface area is 66.0 Å². The van der Waals surface area contributed by atoms with Crippen LogP contribution in [-0.2, 0) is 0 Å². The van der Waals surface area contributed by atoms with Crippen LogP contribution < -0.4 is 10.6 Å². The van der Waals surface area contributed by atoms with E-state index in [9.17, 15) is 4.79 Å². The molecular weight excluding hydrogens is 144 g/mol. The van der Waals surface area contributed by atoms with Crippen molar-refractivity contribution in [2.75, 3.05) is 7.05 Å². The Balaban J connectivity index is 2.24. The molecule has 0 aromatic rings. The molecule has 1 amide bonds. The van der Waals surface area contributed by atoms with Crippen molar-refractivity contribution < 1.29 is 9.90 Å². The molecule has 0 aliphatic heterocycles. The fraction of sp³-hybridized carbons (Fsp3) is 0.857. The average Bonchev–Trinajstić information content (AvgIpc) is 2.34. The van der Waals surface area contributed by atoms with E-state index in [0.29, 0.717) is 6.04 Å². The third-order valence-corrected chi connectivity index (χ3v) is 2.17. The van der Waals surface area contributed by atoms with Crippen LogP contribution in [0.4, 0.5) is 4.79 Å². The molecule has 2 atom stereocenters. The zero-order valence-corrected chi connectivity index (χ0v) is 6.63. The van der Waals surface area contributed by atoms with Gasteiger partial charge in [-0.1, -0.05) is 0 Å². The van der Waals surface area contributed by atoms with Crippen molar-refractivity contribution in [2.45, 2.75) is 31.3 Å². The summed E-state index contributed by atoms with van der Waals surface area (Å²) >= 11 is 0. The van der Waals surface area contributed by atoms with E-state index in [2.05, 4.69) is 10.6 Å². The first kappa shape index (κ1) is 8.33. The Morgan fingerprint density at radius 1 is 1.45 bits per heavy atom. The van der Waals surface area contributed by atoms with Crippen molar-refractivity contribution in [2.24, 2.45) is 0 Å². The molecule has 0 heterocycles. The highest BCUT2D eigenvalue weighted by Gasteiger charge is 2.23. The first-order valence-electron chi connectivity index (χ1n) is 3.89. The third kappa shape index (κ3) is 2.38. The molecule has 1 saturated carbocycles. The maximum absolute atomic E-state index is 10.2. The van der Waals surface area contributed by atoms with E-state index in [4.69, 9.17) is 5.11 Å². The molecule has 3 N–H and O–H groups in total. The van der Waals surface area contributed by atoms with Gasteiger partial charge in [0.05, 0.1) is 0 Å². The number of hydrogen-bond donors (Lipinski definition) is 3. The molecule has 11 heavy (non-hydrogen) atoms. The van der Waals surface area contributed by atoms with Crippen molar-refractivity contribution in [3.63, 3.8) is 0 Å². The lowest BCUT2D eigenvalue weighted by Gasteiger charge is -2.09. The number of carbonyl (C=O) groups is 1.